The van der Waals surface area contributed by atoms with Crippen LogP contribution in [0.2, 0.25) is 24.2 Å². The number of hydrogen-bond donors (Lipinski definition) is 0. The van der Waals surface area contributed by atoms with Crippen LogP contribution in [0.15, 0.2) is 73.1 Å². The third kappa shape index (κ3) is 8.11. The molecule has 0 saturated heterocycles. The van der Waals surface area contributed by atoms with Crippen LogP contribution in [0.3, 0.4) is 0 Å². The third-order valence-electron chi connectivity index (χ3n) is 7.75. The van der Waals surface area contributed by atoms with Gasteiger partial charge in [0.25, 0.3) is 0 Å². The van der Waals surface area contributed by atoms with Gasteiger partial charge in [-0.3, -0.25) is 9.78 Å². The van der Waals surface area contributed by atoms with Crippen molar-refractivity contribution in [2.24, 2.45) is 0 Å². The molecule has 0 fully saturated rings. The van der Waals surface area contributed by atoms with Crippen LogP contribution in [0.25, 0.3) is 0 Å². The van der Waals surface area contributed by atoms with Crippen molar-refractivity contribution >= 4 is 38.5 Å². The molecule has 2 rings (SSSR count). The number of rotatable bonds is 17. The van der Waals surface area contributed by atoms with Crippen molar-refractivity contribution in [3.63, 3.8) is 0 Å². The summed E-state index contributed by atoms with van der Waals surface area (Å²) in [5, 5.41) is 2.43. The Bertz CT molecular complexity index is 990. The van der Waals surface area contributed by atoms with E-state index in [0.29, 0.717) is 24.0 Å². The van der Waals surface area contributed by atoms with Gasteiger partial charge in [-0.05, 0) is 30.7 Å². The highest BCUT2D eigenvalue weighted by Crippen LogP contribution is 2.20. The zero-order valence-corrected chi connectivity index (χ0v) is 25.8. The maximum atomic E-state index is 12.6. The molecule has 0 aromatic heterocycles. The Kier molecular flexibility index (Phi) is 13.1. The molecule has 39 heavy (non-hydrogen) atoms. The first kappa shape index (κ1) is 32.4. The SMILES string of the molecule is [CH2]CCC[C](OOC(=O)c1ccc([Si](C=C)(CC)CC)cc1)OOC(=O)c1ccc([Si](C=C)(CC)CC)cc1. The number of carbonyl (C=O) groups excluding carboxylic acids is 2. The molecule has 2 aromatic carbocycles. The lowest BCUT2D eigenvalue weighted by molar-refractivity contribution is -0.363. The summed E-state index contributed by atoms with van der Waals surface area (Å²) >= 11 is 0. The fourth-order valence-electron chi connectivity index (χ4n) is 4.64. The van der Waals surface area contributed by atoms with Gasteiger partial charge in [0.05, 0.1) is 11.1 Å². The molecule has 2 aromatic rings. The topological polar surface area (TPSA) is 71.1 Å². The van der Waals surface area contributed by atoms with Gasteiger partial charge in [0, 0.05) is 6.42 Å². The fourth-order valence-corrected chi connectivity index (χ4v) is 10.6. The molecule has 8 heteroatoms. The first-order valence-corrected chi connectivity index (χ1v) is 18.7. The highest BCUT2D eigenvalue weighted by molar-refractivity contribution is 6.96. The van der Waals surface area contributed by atoms with Crippen molar-refractivity contribution in [3.05, 3.63) is 97.4 Å². The molecule has 0 spiro atoms. The second-order valence-electron chi connectivity index (χ2n) is 9.53. The molecule has 0 N–H and O–H groups in total. The van der Waals surface area contributed by atoms with E-state index in [-0.39, 0.29) is 12.7 Å². The molecule has 0 heterocycles. The van der Waals surface area contributed by atoms with Crippen LogP contribution in [0.1, 0.15) is 67.7 Å². The maximum absolute atomic E-state index is 12.6. The average molecular weight is 567 g/mol. The minimum absolute atomic E-state index is 0.140. The molecular formula is C31H42O6Si2. The standard InChI is InChI=1S/C31H42O6Si2/c1-8-15-16-29(34-36-30(32)25-17-21-27(22-18-25)38(9-2,10-3)11-4)35-37-31(33)26-19-23-28(24-20-26)39(12-5,13-6)14-7/h9,12,17-24H,1-2,5,8,10-11,13-16H2,3-4,6-7H3. The van der Waals surface area contributed by atoms with E-state index in [0.717, 1.165) is 24.2 Å². The smallest absolute Gasteiger partial charge is 0.289 e. The van der Waals surface area contributed by atoms with Crippen LogP contribution in [-0.4, -0.2) is 28.1 Å². The normalized spacial score (nSPS) is 11.7. The van der Waals surface area contributed by atoms with Gasteiger partial charge in [0.2, 0.25) is 0 Å². The predicted molar refractivity (Wildman–Crippen MR) is 161 cm³/mol. The minimum Gasteiger partial charge on any atom is -0.289 e. The molecule has 0 saturated carbocycles. The summed E-state index contributed by atoms with van der Waals surface area (Å²) in [4.78, 5) is 45.5. The second-order valence-corrected chi connectivity index (χ2v) is 19.0. The lowest BCUT2D eigenvalue weighted by atomic mass is 10.2. The Morgan fingerprint density at radius 3 is 1.31 bits per heavy atom. The van der Waals surface area contributed by atoms with Crippen molar-refractivity contribution in [2.75, 3.05) is 0 Å². The van der Waals surface area contributed by atoms with Crippen molar-refractivity contribution in [2.45, 2.75) is 71.1 Å². The monoisotopic (exact) mass is 566 g/mol. The molecule has 6 nitrogen and oxygen atoms in total. The van der Waals surface area contributed by atoms with Gasteiger partial charge in [-0.2, -0.15) is 0 Å². The van der Waals surface area contributed by atoms with E-state index in [1.807, 2.05) is 24.3 Å². The van der Waals surface area contributed by atoms with Crippen molar-refractivity contribution in [1.82, 2.24) is 0 Å². The van der Waals surface area contributed by atoms with Crippen molar-refractivity contribution in [1.29, 1.82) is 0 Å². The van der Waals surface area contributed by atoms with Crippen LogP contribution < -0.4 is 10.4 Å². The highest BCUT2D eigenvalue weighted by atomic mass is 28.3. The molecule has 0 aliphatic heterocycles. The number of benzene rings is 2. The van der Waals surface area contributed by atoms with Crippen molar-refractivity contribution < 1.29 is 29.1 Å². The Morgan fingerprint density at radius 1 is 0.667 bits per heavy atom. The van der Waals surface area contributed by atoms with E-state index < -0.39 is 28.1 Å². The largest absolute Gasteiger partial charge is 0.373 e. The lowest BCUT2D eigenvalue weighted by Crippen LogP contribution is -2.44. The predicted octanol–water partition coefficient (Wildman–Crippen LogP) is 6.90. The maximum Gasteiger partial charge on any atom is 0.373 e. The zero-order chi connectivity index (χ0) is 28.9. The van der Waals surface area contributed by atoms with Crippen LogP contribution in [0, 0.1) is 13.2 Å². The Balaban J connectivity index is 2.00. The Hall–Kier alpha value is -2.79. The van der Waals surface area contributed by atoms with E-state index in [9.17, 15) is 9.59 Å². The van der Waals surface area contributed by atoms with Gasteiger partial charge >= 0.3 is 18.2 Å². The van der Waals surface area contributed by atoms with Gasteiger partial charge < -0.3 is 0 Å². The summed E-state index contributed by atoms with van der Waals surface area (Å²) in [6.07, 6.45) is 1.27. The summed E-state index contributed by atoms with van der Waals surface area (Å²) in [6.45, 7) is 20.6. The molecular weight excluding hydrogens is 525 g/mol. The molecule has 0 aliphatic carbocycles. The van der Waals surface area contributed by atoms with Gasteiger partial charge in [0.15, 0.2) is 0 Å². The van der Waals surface area contributed by atoms with Gasteiger partial charge in [-0.1, -0.05) is 111 Å². The molecule has 0 atom stereocenters. The third-order valence-corrected chi connectivity index (χ3v) is 17.3. The van der Waals surface area contributed by atoms with Crippen LogP contribution in [-0.2, 0) is 19.6 Å². The minimum atomic E-state index is -1.77. The Morgan fingerprint density at radius 2 is 1.03 bits per heavy atom. The average Bonchev–Trinajstić information content (AvgIpc) is 2.99. The molecule has 0 unspecified atom stereocenters. The summed E-state index contributed by atoms with van der Waals surface area (Å²) in [5.74, 6) is -1.36. The quantitative estimate of drug-likeness (QED) is 0.118. The zero-order valence-electron chi connectivity index (χ0n) is 23.8. The van der Waals surface area contributed by atoms with Crippen LogP contribution in [0.4, 0.5) is 0 Å². The fraction of sp³-hybridized carbons (Fsp3) is 0.355. The molecule has 0 aliphatic rings. The molecule has 0 amide bonds. The van der Waals surface area contributed by atoms with Crippen molar-refractivity contribution in [3.8, 4) is 0 Å². The second kappa shape index (κ2) is 15.7. The van der Waals surface area contributed by atoms with E-state index in [4.69, 9.17) is 19.6 Å². The summed E-state index contributed by atoms with van der Waals surface area (Å²) in [5.41, 5.74) is 4.86. The number of unbranched alkanes of at least 4 members (excludes halogenated alkanes) is 1. The molecule has 210 valence electrons. The van der Waals surface area contributed by atoms with Gasteiger partial charge in [-0.15, -0.1) is 22.9 Å². The van der Waals surface area contributed by atoms with Gasteiger partial charge in [-0.25, -0.2) is 9.59 Å². The van der Waals surface area contributed by atoms with E-state index >= 15 is 0 Å². The van der Waals surface area contributed by atoms with E-state index in [1.54, 1.807) is 24.3 Å². The highest BCUT2D eigenvalue weighted by Gasteiger charge is 2.29. The summed E-state index contributed by atoms with van der Waals surface area (Å²) < 4.78 is 0. The Labute approximate surface area is 235 Å². The number of hydrogen-bond acceptors (Lipinski definition) is 6. The molecule has 2 radical (unpaired) electrons. The van der Waals surface area contributed by atoms with Gasteiger partial charge in [0.1, 0.15) is 16.1 Å². The molecule has 0 bridgehead atoms. The van der Waals surface area contributed by atoms with E-state index in [1.165, 1.54) is 10.4 Å². The van der Waals surface area contributed by atoms with Crippen LogP contribution >= 0.6 is 0 Å². The number of carbonyl (C=O) groups is 2. The van der Waals surface area contributed by atoms with E-state index in [2.05, 4.69) is 59.2 Å². The first-order chi connectivity index (χ1) is 18.8. The first-order valence-electron chi connectivity index (χ1n) is 13.7. The lowest BCUT2D eigenvalue weighted by Gasteiger charge is -2.26. The summed E-state index contributed by atoms with van der Waals surface area (Å²) in [6, 6.07) is 18.9. The van der Waals surface area contributed by atoms with Crippen LogP contribution in [0.5, 0.6) is 0 Å². The summed E-state index contributed by atoms with van der Waals surface area (Å²) in [7, 11) is -3.54.